The van der Waals surface area contributed by atoms with E-state index in [2.05, 4.69) is 284 Å². The number of hydrogen-bond donors (Lipinski definition) is 0. The van der Waals surface area contributed by atoms with Crippen LogP contribution in [0.2, 0.25) is 0 Å². The molecule has 72 heavy (non-hydrogen) atoms. The molecule has 0 fully saturated rings. The lowest BCUT2D eigenvalue weighted by Gasteiger charge is -2.44. The van der Waals surface area contributed by atoms with Gasteiger partial charge in [-0.1, -0.05) is 218 Å². The molecule has 4 aliphatic rings. The van der Waals surface area contributed by atoms with Gasteiger partial charge >= 0.3 is 0 Å². The van der Waals surface area contributed by atoms with Crippen molar-refractivity contribution in [2.45, 2.75) is 6.92 Å². The molecule has 0 saturated carbocycles. The van der Waals surface area contributed by atoms with E-state index >= 15 is 0 Å². The normalized spacial score (nSPS) is 14.6. The quantitative estimate of drug-likeness (QED) is 0.154. The van der Waals surface area contributed by atoms with Crippen LogP contribution in [0, 0.1) is 6.92 Å². The highest BCUT2D eigenvalue weighted by Gasteiger charge is 2.51. The van der Waals surface area contributed by atoms with Crippen LogP contribution in [0.4, 0.5) is 34.1 Å². The Labute approximate surface area is 423 Å². The van der Waals surface area contributed by atoms with Crippen molar-refractivity contribution >= 4 is 115 Å². The number of rotatable bonds is 6. The van der Waals surface area contributed by atoms with Gasteiger partial charge < -0.3 is 9.80 Å². The van der Waals surface area contributed by atoms with Crippen molar-refractivity contribution in [2.75, 3.05) is 9.80 Å². The third-order valence-corrected chi connectivity index (χ3v) is 26.2. The van der Waals surface area contributed by atoms with E-state index in [9.17, 15) is 0 Å². The molecule has 2 nitrogen and oxygen atoms in total. The summed E-state index contributed by atoms with van der Waals surface area (Å²) in [5, 5.41) is 11.4. The molecule has 0 aromatic heterocycles. The Hall–Kier alpha value is -8.48. The number of hydrogen-bond acceptors (Lipinski definition) is 2. The van der Waals surface area contributed by atoms with Crippen LogP contribution in [0.25, 0.3) is 22.3 Å². The summed E-state index contributed by atoms with van der Waals surface area (Å²) in [6, 6.07) is 102. The summed E-state index contributed by atoms with van der Waals surface area (Å²) in [5.74, 6) is 0. The zero-order valence-corrected chi connectivity index (χ0v) is 41.9. The van der Waals surface area contributed by atoms with Crippen molar-refractivity contribution in [3.05, 3.63) is 272 Å². The fourth-order valence-corrected chi connectivity index (χ4v) is 24.1. The number of anilines is 6. The van der Waals surface area contributed by atoms with Gasteiger partial charge in [-0.05, 0) is 141 Å². The molecule has 0 amide bonds. The average molecular weight is 947 g/mol. The summed E-state index contributed by atoms with van der Waals surface area (Å²) < 4.78 is 0. The van der Waals surface area contributed by atoms with Gasteiger partial charge in [0.15, 0.2) is 16.1 Å². The first-order valence-electron chi connectivity index (χ1n) is 25.3. The first kappa shape index (κ1) is 41.3. The van der Waals surface area contributed by atoms with E-state index in [0.29, 0.717) is 0 Å². The van der Waals surface area contributed by atoms with E-state index in [0.717, 1.165) is 0 Å². The second kappa shape index (κ2) is 15.8. The summed E-state index contributed by atoms with van der Waals surface area (Å²) in [4.78, 5) is 5.20. The zero-order chi connectivity index (χ0) is 47.5. The van der Waals surface area contributed by atoms with Crippen LogP contribution in [0.5, 0.6) is 0 Å². The maximum atomic E-state index is 2.60. The minimum Gasteiger partial charge on any atom is -0.311 e. The van der Waals surface area contributed by atoms with Gasteiger partial charge in [-0.3, -0.25) is 0 Å². The third-order valence-electron chi connectivity index (χ3n) is 16.4. The zero-order valence-electron chi connectivity index (χ0n) is 39.9. The maximum absolute atomic E-state index is 2.76. The molecule has 4 heterocycles. The lowest BCUT2D eigenvalue weighted by atomic mass is 9.33. The molecule has 5 heteroatoms. The molecule has 15 rings (SSSR count). The van der Waals surface area contributed by atoms with Gasteiger partial charge in [0, 0.05) is 34.1 Å². The molecule has 11 aromatic rings. The molecule has 0 radical (unpaired) electrons. The van der Waals surface area contributed by atoms with Crippen LogP contribution in [0.15, 0.2) is 267 Å². The van der Waals surface area contributed by atoms with Crippen LogP contribution in [0.3, 0.4) is 0 Å². The van der Waals surface area contributed by atoms with Gasteiger partial charge in [-0.25, -0.2) is 0 Å². The number of benzene rings is 11. The molecule has 0 unspecified atom stereocenters. The van der Waals surface area contributed by atoms with Gasteiger partial charge in [0.2, 0.25) is 0 Å². The fraction of sp³-hybridized carbons (Fsp3) is 0.0149. The molecule has 336 valence electrons. The highest BCUT2D eigenvalue weighted by molar-refractivity contribution is 7.23. The van der Waals surface area contributed by atoms with Gasteiger partial charge in [-0.2, -0.15) is 0 Å². The van der Waals surface area contributed by atoms with Crippen molar-refractivity contribution in [1.82, 2.24) is 0 Å². The molecule has 0 saturated heterocycles. The standard InChI is InChI=1S/C67H47BN2Si2/c1-46-42-61-67-62(43-46)70(48-39-41-56-54-31-15-21-37-64(54)72(66(56)45-48,51-26-10-4-11-27-51)52-28-12-5-13-29-52)60-35-19-17-33-58(60)68(67)57-32-16-18-34-59(57)69(61)47-38-40-55-53-30-14-20-36-63(53)71(65(55)44-47,49-22-6-2-7-23-49)50-24-8-3-9-25-50/h2-45H,1H3. The Morgan fingerprint density at radius 2 is 0.625 bits per heavy atom. The van der Waals surface area contributed by atoms with E-state index in [1.54, 1.807) is 0 Å². The summed E-state index contributed by atoms with van der Waals surface area (Å²) in [6.45, 7) is 2.32. The summed E-state index contributed by atoms with van der Waals surface area (Å²) in [7, 11) is -5.52. The maximum Gasteiger partial charge on any atom is 0.252 e. The molecular weight excluding hydrogens is 900 g/mol. The monoisotopic (exact) mass is 946 g/mol. The lowest BCUT2D eigenvalue weighted by Crippen LogP contribution is -2.72. The minimum atomic E-state index is -2.76. The van der Waals surface area contributed by atoms with Crippen LogP contribution in [-0.4, -0.2) is 22.9 Å². The molecule has 0 bridgehead atoms. The van der Waals surface area contributed by atoms with Crippen molar-refractivity contribution in [2.24, 2.45) is 0 Å². The van der Waals surface area contributed by atoms with E-state index in [4.69, 9.17) is 0 Å². The molecule has 0 atom stereocenters. The van der Waals surface area contributed by atoms with Crippen molar-refractivity contribution in [1.29, 1.82) is 0 Å². The van der Waals surface area contributed by atoms with Crippen LogP contribution >= 0.6 is 0 Å². The predicted molar refractivity (Wildman–Crippen MR) is 310 cm³/mol. The van der Waals surface area contributed by atoms with Crippen LogP contribution in [-0.2, 0) is 0 Å². The highest BCUT2D eigenvalue weighted by Crippen LogP contribution is 2.46. The second-order valence-corrected chi connectivity index (χ2v) is 27.4. The van der Waals surface area contributed by atoms with Gasteiger partial charge in [0.05, 0.1) is 0 Å². The van der Waals surface area contributed by atoms with Gasteiger partial charge in [0.25, 0.3) is 6.71 Å². The Kier molecular flexibility index (Phi) is 9.04. The summed E-state index contributed by atoms with van der Waals surface area (Å²) in [6.07, 6.45) is 0. The lowest BCUT2D eigenvalue weighted by molar-refractivity contribution is 1.24. The minimum absolute atomic E-state index is 0.0390. The first-order chi connectivity index (χ1) is 35.7. The first-order valence-corrected chi connectivity index (χ1v) is 29.3. The largest absolute Gasteiger partial charge is 0.311 e. The summed E-state index contributed by atoms with van der Waals surface area (Å²) >= 11 is 0. The number of fused-ring (bicyclic) bond motifs is 10. The Morgan fingerprint density at radius 1 is 0.292 bits per heavy atom. The summed E-state index contributed by atoms with van der Waals surface area (Å²) in [5.41, 5.74) is 17.9. The predicted octanol–water partition coefficient (Wildman–Crippen LogP) is 8.79. The topological polar surface area (TPSA) is 6.48 Å². The van der Waals surface area contributed by atoms with Crippen LogP contribution in [0.1, 0.15) is 5.56 Å². The number of aryl methyl sites for hydroxylation is 1. The Balaban J connectivity index is 0.977. The Bertz CT molecular complexity index is 3640. The SMILES string of the molecule is Cc1cc2c3c(c1)N(c1ccc4c(c1)[Si](c1ccccc1)(c1ccccc1)c1ccccc1-4)c1ccccc1B3c1ccccc1N2c1ccc2c(c1)[Si](c1ccccc1)(c1ccccc1)c1ccccc1-2. The Morgan fingerprint density at radius 3 is 1.03 bits per heavy atom. The third kappa shape index (κ3) is 5.55. The number of nitrogens with zero attached hydrogens (tertiary/aromatic N) is 2. The van der Waals surface area contributed by atoms with Crippen LogP contribution < -0.4 is 67.7 Å². The molecule has 11 aromatic carbocycles. The van der Waals surface area contributed by atoms with E-state index < -0.39 is 16.1 Å². The molecule has 0 N–H and O–H groups in total. The average Bonchev–Trinajstić information content (AvgIpc) is 3.91. The van der Waals surface area contributed by atoms with Gasteiger partial charge in [0.1, 0.15) is 0 Å². The smallest absolute Gasteiger partial charge is 0.252 e. The van der Waals surface area contributed by atoms with E-state index in [1.165, 1.54) is 120 Å². The molecule has 4 aliphatic heterocycles. The van der Waals surface area contributed by atoms with Crippen molar-refractivity contribution < 1.29 is 0 Å². The molecular formula is C67H47BN2Si2. The highest BCUT2D eigenvalue weighted by atomic mass is 28.3. The fourth-order valence-electron chi connectivity index (χ4n) is 13.7. The molecule has 0 spiro atoms. The molecule has 0 aliphatic carbocycles. The second-order valence-electron chi connectivity index (χ2n) is 20.0. The van der Waals surface area contributed by atoms with E-state index in [1.807, 2.05) is 0 Å². The van der Waals surface area contributed by atoms with Crippen molar-refractivity contribution in [3.8, 4) is 22.3 Å². The van der Waals surface area contributed by atoms with Gasteiger partial charge in [-0.15, -0.1) is 0 Å². The van der Waals surface area contributed by atoms with Crippen molar-refractivity contribution in [3.63, 3.8) is 0 Å². The number of para-hydroxylation sites is 2. The van der Waals surface area contributed by atoms with E-state index in [-0.39, 0.29) is 6.71 Å².